The van der Waals surface area contributed by atoms with Gasteiger partial charge < -0.3 is 15.8 Å². The summed E-state index contributed by atoms with van der Waals surface area (Å²) in [6.45, 7) is 0.688. The van der Waals surface area contributed by atoms with Crippen LogP contribution in [-0.4, -0.2) is 24.1 Å². The molecule has 3 N–H and O–H groups in total. The zero-order valence-corrected chi connectivity index (χ0v) is 12.6. The van der Waals surface area contributed by atoms with Gasteiger partial charge in [-0.1, -0.05) is 30.3 Å². The summed E-state index contributed by atoms with van der Waals surface area (Å²) in [5.74, 6) is 1.46. The molecule has 2 bridgehead atoms. The van der Waals surface area contributed by atoms with Crippen LogP contribution in [-0.2, 0) is 16.1 Å². The summed E-state index contributed by atoms with van der Waals surface area (Å²) >= 11 is 0. The Morgan fingerprint density at radius 2 is 2.05 bits per heavy atom. The Hall–Kier alpha value is -1.39. The molecule has 3 aliphatic carbocycles. The maximum Gasteiger partial charge on any atom is 0.223 e. The average Bonchev–Trinajstić information content (AvgIpc) is 3.04. The minimum Gasteiger partial charge on any atom is -0.374 e. The fourth-order valence-electron chi connectivity index (χ4n) is 5.94. The lowest BCUT2D eigenvalue weighted by atomic mass is 9.59. The number of hydrogen-bond donors (Lipinski definition) is 2. The van der Waals surface area contributed by atoms with Crippen molar-refractivity contribution in [2.45, 2.75) is 44.1 Å². The Labute approximate surface area is 130 Å². The van der Waals surface area contributed by atoms with Crippen LogP contribution < -0.4 is 11.1 Å². The lowest BCUT2D eigenvalue weighted by Gasteiger charge is -2.49. The van der Waals surface area contributed by atoms with Gasteiger partial charge in [0.2, 0.25) is 5.91 Å². The van der Waals surface area contributed by atoms with Gasteiger partial charge in [0.1, 0.15) is 0 Å². The smallest absolute Gasteiger partial charge is 0.223 e. The Kier molecular flexibility index (Phi) is 2.57. The van der Waals surface area contributed by atoms with Crippen LogP contribution in [0.2, 0.25) is 0 Å². The third-order valence-electron chi connectivity index (χ3n) is 6.80. The van der Waals surface area contributed by atoms with E-state index in [0.29, 0.717) is 24.5 Å². The van der Waals surface area contributed by atoms with Crippen LogP contribution in [0.25, 0.3) is 0 Å². The number of carbonyl (C=O) groups excluding carboxylic acids is 1. The van der Waals surface area contributed by atoms with Crippen molar-refractivity contribution in [3.8, 4) is 0 Å². The van der Waals surface area contributed by atoms with E-state index in [4.69, 9.17) is 10.5 Å². The molecule has 1 aliphatic heterocycles. The first kappa shape index (κ1) is 13.1. The molecule has 1 aromatic carbocycles. The van der Waals surface area contributed by atoms with Gasteiger partial charge in [0.05, 0.1) is 12.7 Å². The molecular formula is C18H22N2O2. The highest BCUT2D eigenvalue weighted by Gasteiger charge is 2.74. The van der Waals surface area contributed by atoms with E-state index in [2.05, 4.69) is 17.4 Å². The summed E-state index contributed by atoms with van der Waals surface area (Å²) in [7, 11) is 0. The second-order valence-electron chi connectivity index (χ2n) is 7.65. The van der Waals surface area contributed by atoms with Crippen LogP contribution in [0.1, 0.15) is 24.8 Å². The van der Waals surface area contributed by atoms with Crippen molar-refractivity contribution in [3.63, 3.8) is 0 Å². The summed E-state index contributed by atoms with van der Waals surface area (Å²) in [5, 5.41) is 3.15. The number of carbonyl (C=O) groups is 1. The lowest BCUT2D eigenvalue weighted by Crippen LogP contribution is -2.47. The summed E-state index contributed by atoms with van der Waals surface area (Å²) in [4.78, 5) is 12.1. The molecule has 1 spiro atoms. The van der Waals surface area contributed by atoms with Gasteiger partial charge in [0, 0.05) is 18.0 Å². The maximum absolute atomic E-state index is 12.1. The Morgan fingerprint density at radius 1 is 1.27 bits per heavy atom. The van der Waals surface area contributed by atoms with Crippen molar-refractivity contribution < 1.29 is 9.53 Å². The first-order valence-corrected chi connectivity index (χ1v) is 8.40. The second kappa shape index (κ2) is 4.33. The van der Waals surface area contributed by atoms with Gasteiger partial charge in [-0.3, -0.25) is 4.79 Å². The zero-order chi connectivity index (χ0) is 14.9. The van der Waals surface area contributed by atoms with E-state index in [1.165, 1.54) is 5.56 Å². The van der Waals surface area contributed by atoms with Crippen molar-refractivity contribution in [1.82, 2.24) is 5.32 Å². The molecule has 116 valence electrons. The molecule has 5 rings (SSSR count). The normalized spacial score (nSPS) is 47.8. The molecule has 4 aliphatic rings. The van der Waals surface area contributed by atoms with Gasteiger partial charge in [-0.15, -0.1) is 0 Å². The fraction of sp³-hybridized carbons (Fsp3) is 0.611. The molecule has 22 heavy (non-hydrogen) atoms. The third kappa shape index (κ3) is 1.52. The van der Waals surface area contributed by atoms with Gasteiger partial charge in [-0.2, -0.15) is 0 Å². The zero-order valence-electron chi connectivity index (χ0n) is 12.6. The molecule has 5 unspecified atom stereocenters. The number of rotatable bonds is 3. The van der Waals surface area contributed by atoms with E-state index in [1.54, 1.807) is 0 Å². The van der Waals surface area contributed by atoms with Crippen LogP contribution in [0, 0.1) is 23.2 Å². The van der Waals surface area contributed by atoms with E-state index in [-0.39, 0.29) is 29.3 Å². The Balaban J connectivity index is 1.27. The Bertz CT molecular complexity index is 611. The van der Waals surface area contributed by atoms with E-state index in [0.717, 1.165) is 19.3 Å². The molecule has 1 aromatic rings. The van der Waals surface area contributed by atoms with Crippen LogP contribution in [0.4, 0.5) is 0 Å². The van der Waals surface area contributed by atoms with E-state index in [9.17, 15) is 4.79 Å². The fourth-order valence-corrected chi connectivity index (χ4v) is 5.94. The highest BCUT2D eigenvalue weighted by atomic mass is 16.5. The molecular weight excluding hydrogens is 276 g/mol. The minimum absolute atomic E-state index is 0.155. The number of nitrogens with one attached hydrogen (secondary N) is 1. The summed E-state index contributed by atoms with van der Waals surface area (Å²) < 4.78 is 6.08. The molecule has 0 aromatic heterocycles. The number of hydrogen-bond acceptors (Lipinski definition) is 3. The highest BCUT2D eigenvalue weighted by molar-refractivity contribution is 5.83. The topological polar surface area (TPSA) is 64.3 Å². The monoisotopic (exact) mass is 298 g/mol. The minimum atomic E-state index is 0.155. The number of amides is 1. The van der Waals surface area contributed by atoms with Gasteiger partial charge in [-0.25, -0.2) is 0 Å². The number of ether oxygens (including phenoxy) is 1. The first-order chi connectivity index (χ1) is 10.7. The highest BCUT2D eigenvalue weighted by Crippen LogP contribution is 2.70. The number of benzene rings is 1. The summed E-state index contributed by atoms with van der Waals surface area (Å²) in [6.07, 6.45) is 3.51. The van der Waals surface area contributed by atoms with Crippen molar-refractivity contribution in [3.05, 3.63) is 35.9 Å². The van der Waals surface area contributed by atoms with Gasteiger partial charge in [0.15, 0.2) is 0 Å². The molecule has 5 atom stereocenters. The van der Waals surface area contributed by atoms with E-state index >= 15 is 0 Å². The molecule has 0 radical (unpaired) electrons. The third-order valence-corrected chi connectivity index (χ3v) is 6.80. The van der Waals surface area contributed by atoms with Gasteiger partial charge in [-0.05, 0) is 42.1 Å². The largest absolute Gasteiger partial charge is 0.374 e. The predicted octanol–water partition coefficient (Wildman–Crippen LogP) is 1.44. The quantitative estimate of drug-likeness (QED) is 0.887. The molecule has 4 heteroatoms. The van der Waals surface area contributed by atoms with Gasteiger partial charge >= 0.3 is 0 Å². The molecule has 1 amide bonds. The van der Waals surface area contributed by atoms with Crippen LogP contribution in [0.3, 0.4) is 0 Å². The second-order valence-corrected chi connectivity index (χ2v) is 7.65. The maximum atomic E-state index is 12.1. The first-order valence-electron chi connectivity index (χ1n) is 8.40. The van der Waals surface area contributed by atoms with Crippen molar-refractivity contribution in [2.75, 3.05) is 0 Å². The van der Waals surface area contributed by atoms with Crippen molar-refractivity contribution >= 4 is 5.91 Å². The van der Waals surface area contributed by atoms with E-state index < -0.39 is 0 Å². The average molecular weight is 298 g/mol. The van der Waals surface area contributed by atoms with Crippen LogP contribution >= 0.6 is 0 Å². The molecule has 1 heterocycles. The van der Waals surface area contributed by atoms with Gasteiger partial charge in [0.25, 0.3) is 0 Å². The summed E-state index contributed by atoms with van der Waals surface area (Å²) in [6, 6.07) is 10.7. The number of nitrogens with two attached hydrogens (primary N) is 1. The van der Waals surface area contributed by atoms with E-state index in [1.807, 2.05) is 18.2 Å². The molecule has 3 saturated carbocycles. The van der Waals surface area contributed by atoms with Crippen molar-refractivity contribution in [1.29, 1.82) is 0 Å². The van der Waals surface area contributed by atoms with Crippen molar-refractivity contribution in [2.24, 2.45) is 28.9 Å². The lowest BCUT2D eigenvalue weighted by molar-refractivity contribution is -0.125. The standard InChI is InChI=1S/C18H22N2O2/c19-15-13-6-12-14(16(15)20-17(12)21)18(13)7-11(8-18)22-9-10-4-2-1-3-5-10/h1-5,11-16H,6-9,19H2,(H,20,21). The van der Waals surface area contributed by atoms with Crippen LogP contribution in [0.5, 0.6) is 0 Å². The molecule has 4 nitrogen and oxygen atoms in total. The molecule has 4 fully saturated rings. The molecule has 1 saturated heterocycles. The SMILES string of the molecule is NC1C2NC(=O)C3CC1C1(CC(OCc4ccccc4)C1)C32. The Morgan fingerprint density at radius 3 is 2.82 bits per heavy atom. The summed E-state index contributed by atoms with van der Waals surface area (Å²) in [5.41, 5.74) is 7.92. The van der Waals surface area contributed by atoms with Crippen LogP contribution in [0.15, 0.2) is 30.3 Å². The predicted molar refractivity (Wildman–Crippen MR) is 81.7 cm³/mol.